The summed E-state index contributed by atoms with van der Waals surface area (Å²) in [4.78, 5) is 4.41. The normalized spacial score (nSPS) is 19.4. The summed E-state index contributed by atoms with van der Waals surface area (Å²) in [5.41, 5.74) is 3.55. The summed E-state index contributed by atoms with van der Waals surface area (Å²) in [6.07, 6.45) is 1.84. The summed E-state index contributed by atoms with van der Waals surface area (Å²) < 4.78 is 19.2. The zero-order chi connectivity index (χ0) is 17.4. The lowest BCUT2D eigenvalue weighted by Crippen LogP contribution is -2.25. The minimum atomic E-state index is -0.542. The van der Waals surface area contributed by atoms with Crippen molar-refractivity contribution in [3.8, 4) is 17.0 Å². The smallest absolute Gasteiger partial charge is 0.163 e. The van der Waals surface area contributed by atoms with Gasteiger partial charge in [0, 0.05) is 5.56 Å². The van der Waals surface area contributed by atoms with Crippen LogP contribution in [0.25, 0.3) is 16.9 Å². The van der Waals surface area contributed by atoms with E-state index in [1.165, 1.54) is 0 Å². The maximum Gasteiger partial charge on any atom is 0.163 e. The molecule has 0 saturated carbocycles. The molecule has 1 aliphatic heterocycles. The van der Waals surface area contributed by atoms with E-state index in [0.29, 0.717) is 13.2 Å². The molecule has 6 heteroatoms. The Balaban J connectivity index is 1.57. The van der Waals surface area contributed by atoms with Crippen LogP contribution >= 0.6 is 0 Å². The molecule has 0 radical (unpaired) electrons. The first-order valence-electron chi connectivity index (χ1n) is 8.37. The molecule has 0 spiro atoms. The second-order valence-electron chi connectivity index (χ2n) is 6.66. The van der Waals surface area contributed by atoms with Crippen LogP contribution in [0.15, 0.2) is 42.6 Å². The number of hydrogen-bond acceptors (Lipinski definition) is 5. The topological polar surface area (TPSA) is 57.9 Å². The van der Waals surface area contributed by atoms with Crippen molar-refractivity contribution in [1.82, 2.24) is 14.6 Å². The van der Waals surface area contributed by atoms with E-state index < -0.39 is 5.79 Å². The molecule has 2 aromatic heterocycles. The van der Waals surface area contributed by atoms with Crippen LogP contribution in [0, 0.1) is 6.92 Å². The van der Waals surface area contributed by atoms with E-state index in [2.05, 4.69) is 10.1 Å². The Morgan fingerprint density at radius 2 is 2.08 bits per heavy atom. The van der Waals surface area contributed by atoms with Gasteiger partial charge in [-0.25, -0.2) is 9.50 Å². The maximum atomic E-state index is 6.02. The number of ether oxygens (including phenoxy) is 3. The molecule has 0 amide bonds. The van der Waals surface area contributed by atoms with Gasteiger partial charge in [-0.05, 0) is 45.0 Å². The standard InChI is InChI=1S/C19H21N3O3/c1-13-10-22-18(20-13)9-8-16(21-22)15-6-4-5-7-17(15)23-11-14-12-24-19(2,3)25-14/h4-10,14H,11-12H2,1-3H3/t14-/m0/s1. The first-order valence-corrected chi connectivity index (χ1v) is 8.37. The molecule has 3 aromatic rings. The van der Waals surface area contributed by atoms with Gasteiger partial charge in [-0.1, -0.05) is 12.1 Å². The van der Waals surface area contributed by atoms with Crippen LogP contribution in [0.1, 0.15) is 19.5 Å². The van der Waals surface area contributed by atoms with Crippen molar-refractivity contribution in [1.29, 1.82) is 0 Å². The average molecular weight is 339 g/mol. The van der Waals surface area contributed by atoms with Gasteiger partial charge in [-0.3, -0.25) is 0 Å². The van der Waals surface area contributed by atoms with Crippen LogP contribution in [-0.2, 0) is 9.47 Å². The van der Waals surface area contributed by atoms with E-state index in [0.717, 1.165) is 28.3 Å². The summed E-state index contributed by atoms with van der Waals surface area (Å²) in [7, 11) is 0. The Labute approximate surface area is 146 Å². The van der Waals surface area contributed by atoms with Gasteiger partial charge in [-0.15, -0.1) is 0 Å². The number of aryl methyl sites for hydroxylation is 1. The molecule has 25 heavy (non-hydrogen) atoms. The molecule has 0 N–H and O–H groups in total. The molecule has 1 fully saturated rings. The second-order valence-corrected chi connectivity index (χ2v) is 6.66. The van der Waals surface area contributed by atoms with Gasteiger partial charge in [0.25, 0.3) is 0 Å². The molecule has 0 bridgehead atoms. The first kappa shape index (κ1) is 16.1. The second kappa shape index (κ2) is 6.13. The van der Waals surface area contributed by atoms with Crippen molar-refractivity contribution in [2.24, 2.45) is 0 Å². The van der Waals surface area contributed by atoms with E-state index in [4.69, 9.17) is 14.2 Å². The predicted molar refractivity (Wildman–Crippen MR) is 93.6 cm³/mol. The molecule has 1 saturated heterocycles. The molecule has 1 aromatic carbocycles. The van der Waals surface area contributed by atoms with Crippen molar-refractivity contribution in [2.45, 2.75) is 32.7 Å². The molecule has 130 valence electrons. The van der Waals surface area contributed by atoms with Crippen LogP contribution in [0.4, 0.5) is 0 Å². The van der Waals surface area contributed by atoms with Crippen LogP contribution in [-0.4, -0.2) is 39.7 Å². The SMILES string of the molecule is Cc1cn2nc(-c3ccccc3OC[C@H]3COC(C)(C)O3)ccc2n1. The number of nitrogens with zero attached hydrogens (tertiary/aromatic N) is 3. The fourth-order valence-corrected chi connectivity index (χ4v) is 2.98. The number of para-hydroxylation sites is 1. The number of fused-ring (bicyclic) bond motifs is 1. The van der Waals surface area contributed by atoms with E-state index in [-0.39, 0.29) is 6.10 Å². The number of benzene rings is 1. The molecule has 3 heterocycles. The monoisotopic (exact) mass is 339 g/mol. The average Bonchev–Trinajstić information content (AvgIpc) is 3.13. The third-order valence-corrected chi connectivity index (χ3v) is 4.10. The zero-order valence-corrected chi connectivity index (χ0v) is 14.6. The van der Waals surface area contributed by atoms with Gasteiger partial charge >= 0.3 is 0 Å². The van der Waals surface area contributed by atoms with E-state index in [9.17, 15) is 0 Å². The fraction of sp³-hybridized carbons (Fsp3) is 0.368. The third-order valence-electron chi connectivity index (χ3n) is 4.10. The lowest BCUT2D eigenvalue weighted by Gasteiger charge is -2.18. The Kier molecular flexibility index (Phi) is 3.94. The van der Waals surface area contributed by atoms with Gasteiger partial charge < -0.3 is 14.2 Å². The zero-order valence-electron chi connectivity index (χ0n) is 14.6. The van der Waals surface area contributed by atoms with Gasteiger partial charge in [0.1, 0.15) is 18.5 Å². The van der Waals surface area contributed by atoms with E-state index in [1.807, 2.05) is 63.4 Å². The highest BCUT2D eigenvalue weighted by Gasteiger charge is 2.33. The fourth-order valence-electron chi connectivity index (χ4n) is 2.98. The van der Waals surface area contributed by atoms with Crippen LogP contribution in [0.3, 0.4) is 0 Å². The highest BCUT2D eigenvalue weighted by atomic mass is 16.7. The summed E-state index contributed by atoms with van der Waals surface area (Å²) in [5, 5.41) is 4.65. The molecule has 1 atom stereocenters. The van der Waals surface area contributed by atoms with Crippen molar-refractivity contribution < 1.29 is 14.2 Å². The maximum absolute atomic E-state index is 6.02. The molecular formula is C19H21N3O3. The lowest BCUT2D eigenvalue weighted by molar-refractivity contribution is -0.141. The van der Waals surface area contributed by atoms with Crippen LogP contribution in [0.5, 0.6) is 5.75 Å². The summed E-state index contributed by atoms with van der Waals surface area (Å²) >= 11 is 0. The number of hydrogen-bond donors (Lipinski definition) is 0. The minimum absolute atomic E-state index is 0.0743. The Morgan fingerprint density at radius 1 is 1.24 bits per heavy atom. The molecule has 0 unspecified atom stereocenters. The van der Waals surface area contributed by atoms with Crippen LogP contribution in [0.2, 0.25) is 0 Å². The van der Waals surface area contributed by atoms with Crippen molar-refractivity contribution >= 4 is 5.65 Å². The van der Waals surface area contributed by atoms with Crippen molar-refractivity contribution in [3.05, 3.63) is 48.3 Å². The van der Waals surface area contributed by atoms with E-state index >= 15 is 0 Å². The molecule has 0 aliphatic carbocycles. The number of imidazole rings is 1. The molecule has 6 nitrogen and oxygen atoms in total. The van der Waals surface area contributed by atoms with Crippen molar-refractivity contribution in [2.75, 3.05) is 13.2 Å². The van der Waals surface area contributed by atoms with Gasteiger partial charge in [0.2, 0.25) is 0 Å². The van der Waals surface area contributed by atoms with E-state index in [1.54, 1.807) is 4.52 Å². The highest BCUT2D eigenvalue weighted by Crippen LogP contribution is 2.30. The van der Waals surface area contributed by atoms with Gasteiger partial charge in [0.15, 0.2) is 11.4 Å². The highest BCUT2D eigenvalue weighted by molar-refractivity contribution is 5.67. The quantitative estimate of drug-likeness (QED) is 0.730. The Morgan fingerprint density at radius 3 is 2.88 bits per heavy atom. The van der Waals surface area contributed by atoms with Gasteiger partial charge in [-0.2, -0.15) is 5.10 Å². The Hall–Kier alpha value is -2.44. The largest absolute Gasteiger partial charge is 0.490 e. The molecule has 4 rings (SSSR count). The number of aromatic nitrogens is 3. The Bertz CT molecular complexity index is 904. The lowest BCUT2D eigenvalue weighted by atomic mass is 10.1. The van der Waals surface area contributed by atoms with Crippen LogP contribution < -0.4 is 4.74 Å². The summed E-state index contributed by atoms with van der Waals surface area (Å²) in [6.45, 7) is 6.75. The minimum Gasteiger partial charge on any atom is -0.490 e. The van der Waals surface area contributed by atoms with Gasteiger partial charge in [0.05, 0.1) is 24.2 Å². The molecule has 1 aliphatic rings. The number of rotatable bonds is 4. The summed E-state index contributed by atoms with van der Waals surface area (Å²) in [5.74, 6) is 0.235. The molecular weight excluding hydrogens is 318 g/mol. The summed E-state index contributed by atoms with van der Waals surface area (Å²) in [6, 6.07) is 11.8. The predicted octanol–water partition coefficient (Wildman–Crippen LogP) is 3.24. The third kappa shape index (κ3) is 3.36. The van der Waals surface area contributed by atoms with Crippen molar-refractivity contribution in [3.63, 3.8) is 0 Å². The first-order chi connectivity index (χ1) is 12.0.